The highest BCUT2D eigenvalue weighted by Crippen LogP contribution is 2.29. The molecule has 2 N–H and O–H groups in total. The fraction of sp³-hybridized carbons (Fsp3) is 0.222. The lowest BCUT2D eigenvalue weighted by Gasteiger charge is -2.31. The molecule has 35 heavy (non-hydrogen) atoms. The minimum absolute atomic E-state index is 0.0452. The SMILES string of the molecule is C=CC(=O)N1CCC(Cc2cnc(Oc3ccc(Oc4cccc(F)c4)cc3)c(C(N)=O)c2)CC1. The Bertz CT molecular complexity index is 1220. The second-order valence-corrected chi connectivity index (χ2v) is 8.37. The van der Waals surface area contributed by atoms with E-state index >= 15 is 0 Å². The van der Waals surface area contributed by atoms with Crippen LogP contribution in [0.1, 0.15) is 28.8 Å². The van der Waals surface area contributed by atoms with Crippen LogP contribution in [0, 0.1) is 11.7 Å². The quantitative estimate of drug-likeness (QED) is 0.469. The number of pyridine rings is 1. The molecule has 180 valence electrons. The minimum Gasteiger partial charge on any atom is -0.457 e. The van der Waals surface area contributed by atoms with E-state index in [4.69, 9.17) is 15.2 Å². The molecule has 0 bridgehead atoms. The van der Waals surface area contributed by atoms with Gasteiger partial charge >= 0.3 is 0 Å². The molecule has 8 heteroatoms. The highest BCUT2D eigenvalue weighted by Gasteiger charge is 2.22. The van der Waals surface area contributed by atoms with Gasteiger partial charge in [-0.25, -0.2) is 9.37 Å². The molecule has 1 aromatic heterocycles. The minimum atomic E-state index is -0.633. The largest absolute Gasteiger partial charge is 0.457 e. The first-order chi connectivity index (χ1) is 16.9. The van der Waals surface area contributed by atoms with Gasteiger partial charge in [0.25, 0.3) is 5.91 Å². The van der Waals surface area contributed by atoms with Crippen LogP contribution in [-0.4, -0.2) is 34.8 Å². The fourth-order valence-corrected chi connectivity index (χ4v) is 4.04. The van der Waals surface area contributed by atoms with E-state index in [1.165, 1.54) is 18.2 Å². The molecule has 3 aromatic rings. The van der Waals surface area contributed by atoms with Crippen LogP contribution in [-0.2, 0) is 11.2 Å². The Morgan fingerprint density at radius 2 is 1.74 bits per heavy atom. The summed E-state index contributed by atoms with van der Waals surface area (Å²) >= 11 is 0. The van der Waals surface area contributed by atoms with Gasteiger partial charge in [0.15, 0.2) is 0 Å². The number of benzene rings is 2. The number of hydrogen-bond donors (Lipinski definition) is 1. The first kappa shape index (κ1) is 23.9. The van der Waals surface area contributed by atoms with Crippen molar-refractivity contribution in [3.63, 3.8) is 0 Å². The van der Waals surface area contributed by atoms with E-state index in [2.05, 4.69) is 11.6 Å². The second-order valence-electron chi connectivity index (χ2n) is 8.37. The van der Waals surface area contributed by atoms with Crippen LogP contribution in [0.5, 0.6) is 23.1 Å². The van der Waals surface area contributed by atoms with E-state index < -0.39 is 5.91 Å². The highest BCUT2D eigenvalue weighted by atomic mass is 19.1. The summed E-state index contributed by atoms with van der Waals surface area (Å²) in [6.07, 6.45) is 5.49. The average molecular weight is 476 g/mol. The van der Waals surface area contributed by atoms with Crippen molar-refractivity contribution in [2.24, 2.45) is 11.7 Å². The van der Waals surface area contributed by atoms with Gasteiger partial charge in [0.2, 0.25) is 11.8 Å². The van der Waals surface area contributed by atoms with E-state index in [-0.39, 0.29) is 23.2 Å². The van der Waals surface area contributed by atoms with Crippen LogP contribution in [0.2, 0.25) is 0 Å². The third-order valence-corrected chi connectivity index (χ3v) is 5.87. The lowest BCUT2D eigenvalue weighted by Crippen LogP contribution is -2.37. The topological polar surface area (TPSA) is 94.8 Å². The number of hydrogen-bond acceptors (Lipinski definition) is 5. The number of carbonyl (C=O) groups excluding carboxylic acids is 2. The predicted molar refractivity (Wildman–Crippen MR) is 129 cm³/mol. The van der Waals surface area contributed by atoms with E-state index in [1.54, 1.807) is 53.6 Å². The molecule has 0 aliphatic carbocycles. The lowest BCUT2D eigenvalue weighted by atomic mass is 9.90. The van der Waals surface area contributed by atoms with Crippen molar-refractivity contribution in [1.82, 2.24) is 9.88 Å². The highest BCUT2D eigenvalue weighted by molar-refractivity contribution is 5.95. The third kappa shape index (κ3) is 6.23. The molecular weight excluding hydrogens is 449 g/mol. The molecule has 2 amide bonds. The molecule has 0 saturated carbocycles. The molecule has 0 atom stereocenters. The maximum Gasteiger partial charge on any atom is 0.254 e. The van der Waals surface area contributed by atoms with Crippen LogP contribution in [0.15, 0.2) is 73.4 Å². The predicted octanol–water partition coefficient (Wildman–Crippen LogP) is 4.87. The number of piperidine rings is 1. The summed E-state index contributed by atoms with van der Waals surface area (Å²) < 4.78 is 24.8. The Morgan fingerprint density at radius 1 is 1.06 bits per heavy atom. The molecule has 2 aromatic carbocycles. The van der Waals surface area contributed by atoms with Gasteiger partial charge < -0.3 is 20.1 Å². The van der Waals surface area contributed by atoms with Gasteiger partial charge in [0, 0.05) is 25.4 Å². The van der Waals surface area contributed by atoms with Gasteiger partial charge in [-0.1, -0.05) is 12.6 Å². The van der Waals surface area contributed by atoms with E-state index in [0.29, 0.717) is 36.3 Å². The molecule has 1 aliphatic heterocycles. The first-order valence-corrected chi connectivity index (χ1v) is 11.3. The van der Waals surface area contributed by atoms with Crippen molar-refractivity contribution in [2.45, 2.75) is 19.3 Å². The number of primary amides is 1. The fourth-order valence-electron chi connectivity index (χ4n) is 4.04. The summed E-state index contributed by atoms with van der Waals surface area (Å²) in [5, 5.41) is 0. The lowest BCUT2D eigenvalue weighted by molar-refractivity contribution is -0.127. The van der Waals surface area contributed by atoms with Gasteiger partial charge in [0.1, 0.15) is 28.6 Å². The van der Waals surface area contributed by atoms with Crippen LogP contribution in [0.3, 0.4) is 0 Å². The summed E-state index contributed by atoms with van der Waals surface area (Å²) in [5.74, 6) is 0.758. The van der Waals surface area contributed by atoms with Gasteiger partial charge in [0.05, 0.1) is 0 Å². The van der Waals surface area contributed by atoms with Crippen LogP contribution < -0.4 is 15.2 Å². The molecule has 0 spiro atoms. The number of amides is 2. The summed E-state index contributed by atoms with van der Waals surface area (Å²) in [6.45, 7) is 4.91. The zero-order valence-electron chi connectivity index (χ0n) is 19.2. The summed E-state index contributed by atoms with van der Waals surface area (Å²) in [7, 11) is 0. The van der Waals surface area contributed by atoms with Crippen LogP contribution in [0.4, 0.5) is 4.39 Å². The Morgan fingerprint density at radius 3 is 2.37 bits per heavy atom. The number of ether oxygens (including phenoxy) is 2. The number of nitrogens with two attached hydrogens (primary N) is 1. The van der Waals surface area contributed by atoms with Crippen molar-refractivity contribution in [2.75, 3.05) is 13.1 Å². The molecule has 4 rings (SSSR count). The summed E-state index contributed by atoms with van der Waals surface area (Å²) in [6, 6.07) is 14.2. The molecule has 1 saturated heterocycles. The van der Waals surface area contributed by atoms with Crippen LogP contribution in [0.25, 0.3) is 0 Å². The van der Waals surface area contributed by atoms with Gasteiger partial charge in [-0.2, -0.15) is 0 Å². The Balaban J connectivity index is 1.40. The standard InChI is InChI=1S/C27H26FN3O4/c1-2-25(32)31-12-10-18(11-13-31)14-19-15-24(26(29)33)27(30-17-19)35-22-8-6-21(7-9-22)34-23-5-3-4-20(28)16-23/h2-9,15-18H,1,10-14H2,(H2,29,33). The van der Waals surface area contributed by atoms with Gasteiger partial charge in [-0.05, 0) is 79.3 Å². The first-order valence-electron chi connectivity index (χ1n) is 11.3. The van der Waals surface area contributed by atoms with E-state index in [1.807, 2.05) is 0 Å². The normalized spacial score (nSPS) is 13.8. The number of halogens is 1. The Kier molecular flexibility index (Phi) is 7.40. The van der Waals surface area contributed by atoms with E-state index in [9.17, 15) is 14.0 Å². The maximum absolute atomic E-state index is 13.3. The molecule has 0 radical (unpaired) electrons. The zero-order valence-corrected chi connectivity index (χ0v) is 19.2. The van der Waals surface area contributed by atoms with Gasteiger partial charge in [-0.3, -0.25) is 9.59 Å². The molecule has 0 unspecified atom stereocenters. The smallest absolute Gasteiger partial charge is 0.254 e. The summed E-state index contributed by atoms with van der Waals surface area (Å²) in [5.41, 5.74) is 6.68. The van der Waals surface area contributed by atoms with Crippen molar-refractivity contribution in [3.8, 4) is 23.1 Å². The number of carbonyl (C=O) groups is 2. The Hall–Kier alpha value is -4.20. The summed E-state index contributed by atoms with van der Waals surface area (Å²) in [4.78, 5) is 30.0. The average Bonchev–Trinajstić information content (AvgIpc) is 2.86. The zero-order chi connectivity index (χ0) is 24.8. The second kappa shape index (κ2) is 10.8. The number of nitrogens with zero attached hydrogens (tertiary/aromatic N) is 2. The van der Waals surface area contributed by atoms with E-state index in [0.717, 1.165) is 24.8 Å². The molecular formula is C27H26FN3O4. The maximum atomic E-state index is 13.3. The van der Waals surface area contributed by atoms with Crippen LogP contribution >= 0.6 is 0 Å². The number of aromatic nitrogens is 1. The monoisotopic (exact) mass is 475 g/mol. The number of likely N-dealkylation sites (tertiary alicyclic amines) is 1. The van der Waals surface area contributed by atoms with Crippen molar-refractivity contribution in [1.29, 1.82) is 0 Å². The van der Waals surface area contributed by atoms with Crippen molar-refractivity contribution >= 4 is 11.8 Å². The third-order valence-electron chi connectivity index (χ3n) is 5.87. The molecule has 7 nitrogen and oxygen atoms in total. The molecule has 1 fully saturated rings. The van der Waals surface area contributed by atoms with Crippen molar-refractivity contribution < 1.29 is 23.5 Å². The Labute approximate surface area is 203 Å². The molecule has 2 heterocycles. The van der Waals surface area contributed by atoms with Gasteiger partial charge in [-0.15, -0.1) is 0 Å². The van der Waals surface area contributed by atoms with Crippen molar-refractivity contribution in [3.05, 3.63) is 90.4 Å². The molecule has 1 aliphatic rings. The number of rotatable bonds is 8.